The van der Waals surface area contributed by atoms with Gasteiger partial charge >= 0.3 is 0 Å². The molecule has 0 bridgehead atoms. The number of aromatic nitrogens is 1. The molecule has 0 unspecified atom stereocenters. The molecule has 8 nitrogen and oxygen atoms in total. The standard InChI is InChI=1S/C21H22FN5O3/c1-28-14-4-5-17(22)12(6-14)7-18-16-10-20(30-3)19(29-2)9-15(16)13(11-25-18)8-21(23)26-27-24/h4-6,9-11H,7-8H2,1-3H3,(H3,23,24,26). The number of pyridine rings is 1. The minimum absolute atomic E-state index is 0.175. The van der Waals surface area contributed by atoms with Crippen molar-refractivity contribution in [2.75, 3.05) is 21.3 Å². The number of halogens is 1. The van der Waals surface area contributed by atoms with Gasteiger partial charge in [0.1, 0.15) is 17.4 Å². The van der Waals surface area contributed by atoms with Gasteiger partial charge in [-0.3, -0.25) is 4.98 Å². The number of rotatable bonds is 8. The predicted octanol–water partition coefficient (Wildman–Crippen LogP) is 3.84. The lowest BCUT2D eigenvalue weighted by atomic mass is 9.98. The van der Waals surface area contributed by atoms with Crippen molar-refractivity contribution >= 4 is 16.6 Å². The fourth-order valence-electron chi connectivity index (χ4n) is 3.25. The van der Waals surface area contributed by atoms with Crippen LogP contribution in [0.3, 0.4) is 0 Å². The molecule has 0 saturated carbocycles. The number of benzene rings is 2. The molecule has 0 amide bonds. The smallest absolute Gasteiger partial charge is 0.161 e. The number of hydrogen-bond donors (Lipinski definition) is 2. The Balaban J connectivity index is 2.18. The molecule has 1 aromatic heterocycles. The van der Waals surface area contributed by atoms with Gasteiger partial charge in [0.15, 0.2) is 11.5 Å². The molecule has 2 aromatic carbocycles. The molecule has 0 fully saturated rings. The van der Waals surface area contributed by atoms with Crippen molar-refractivity contribution in [2.45, 2.75) is 12.8 Å². The van der Waals surface area contributed by atoms with Crippen molar-refractivity contribution in [3.63, 3.8) is 0 Å². The first-order chi connectivity index (χ1) is 14.5. The van der Waals surface area contributed by atoms with E-state index < -0.39 is 0 Å². The van der Waals surface area contributed by atoms with Crippen LogP contribution in [0.2, 0.25) is 0 Å². The number of ether oxygens (including phenoxy) is 3. The van der Waals surface area contributed by atoms with Crippen LogP contribution in [-0.4, -0.2) is 32.1 Å². The summed E-state index contributed by atoms with van der Waals surface area (Å²) in [5, 5.41) is 8.11. The van der Waals surface area contributed by atoms with Gasteiger partial charge in [-0.25, -0.2) is 4.39 Å². The topological polar surface area (TPSA) is 115 Å². The summed E-state index contributed by atoms with van der Waals surface area (Å²) in [5.74, 6) is 1.46. The van der Waals surface area contributed by atoms with Gasteiger partial charge in [-0.05, 0) is 46.8 Å². The molecular weight excluding hydrogens is 389 g/mol. The summed E-state index contributed by atoms with van der Waals surface area (Å²) in [6, 6.07) is 8.22. The fraction of sp³-hybridized carbons (Fsp3) is 0.238. The van der Waals surface area contributed by atoms with E-state index in [-0.39, 0.29) is 24.5 Å². The molecule has 1 heterocycles. The van der Waals surface area contributed by atoms with Gasteiger partial charge in [-0.15, -0.1) is 5.10 Å². The summed E-state index contributed by atoms with van der Waals surface area (Å²) in [6.07, 6.45) is 2.16. The molecule has 0 aliphatic carbocycles. The molecule has 0 spiro atoms. The van der Waals surface area contributed by atoms with E-state index in [4.69, 9.17) is 25.5 Å². The monoisotopic (exact) mass is 411 g/mol. The van der Waals surface area contributed by atoms with Gasteiger partial charge in [0, 0.05) is 24.4 Å². The Hall–Kier alpha value is -3.75. The first-order valence-corrected chi connectivity index (χ1v) is 9.04. The maximum absolute atomic E-state index is 14.4. The average Bonchev–Trinajstić information content (AvgIpc) is 2.75. The maximum atomic E-state index is 14.4. The number of amidine groups is 1. The zero-order valence-corrected chi connectivity index (χ0v) is 16.9. The second kappa shape index (κ2) is 9.17. The lowest BCUT2D eigenvalue weighted by molar-refractivity contribution is 0.356. The van der Waals surface area contributed by atoms with Crippen molar-refractivity contribution in [1.29, 1.82) is 5.53 Å². The maximum Gasteiger partial charge on any atom is 0.161 e. The molecule has 9 heteroatoms. The van der Waals surface area contributed by atoms with Gasteiger partial charge in [0.05, 0.1) is 27.0 Å². The highest BCUT2D eigenvalue weighted by molar-refractivity contribution is 5.94. The van der Waals surface area contributed by atoms with Crippen LogP contribution in [0.4, 0.5) is 4.39 Å². The molecular formula is C21H22FN5O3. The Labute approximate surface area is 173 Å². The Kier molecular flexibility index (Phi) is 6.41. The van der Waals surface area contributed by atoms with E-state index in [2.05, 4.69) is 15.3 Å². The lowest BCUT2D eigenvalue weighted by Gasteiger charge is -2.15. The summed E-state index contributed by atoms with van der Waals surface area (Å²) >= 11 is 0. The van der Waals surface area contributed by atoms with Crippen molar-refractivity contribution in [3.8, 4) is 17.2 Å². The molecule has 0 atom stereocenters. The Morgan fingerprint density at radius 3 is 2.37 bits per heavy atom. The number of methoxy groups -OCH3 is 3. The highest BCUT2D eigenvalue weighted by atomic mass is 19.1. The van der Waals surface area contributed by atoms with E-state index >= 15 is 0 Å². The van der Waals surface area contributed by atoms with E-state index in [0.717, 1.165) is 16.3 Å². The Morgan fingerprint density at radius 1 is 1.03 bits per heavy atom. The van der Waals surface area contributed by atoms with Gasteiger partial charge in [-0.1, -0.05) is 5.22 Å². The molecule has 0 aliphatic rings. The molecule has 156 valence electrons. The normalized spacial score (nSPS) is 11.4. The number of hydrogen-bond acceptors (Lipinski definition) is 6. The summed E-state index contributed by atoms with van der Waals surface area (Å²) in [4.78, 5) is 4.55. The number of nitrogens with two attached hydrogens (primary N) is 1. The second-order valence-electron chi connectivity index (χ2n) is 6.49. The van der Waals surface area contributed by atoms with Crippen LogP contribution in [0.25, 0.3) is 10.8 Å². The van der Waals surface area contributed by atoms with E-state index in [9.17, 15) is 4.39 Å². The van der Waals surface area contributed by atoms with Crippen LogP contribution in [0.15, 0.2) is 46.9 Å². The van der Waals surface area contributed by atoms with Crippen molar-refractivity contribution in [2.24, 2.45) is 16.1 Å². The minimum atomic E-state index is -0.344. The first kappa shape index (κ1) is 21.0. The second-order valence-corrected chi connectivity index (χ2v) is 6.49. The Bertz CT molecular complexity index is 1120. The van der Waals surface area contributed by atoms with E-state index in [0.29, 0.717) is 28.5 Å². The predicted molar refractivity (Wildman–Crippen MR) is 111 cm³/mol. The molecule has 0 aliphatic heterocycles. The van der Waals surface area contributed by atoms with Crippen LogP contribution in [0, 0.1) is 11.3 Å². The third kappa shape index (κ3) is 4.29. The quantitative estimate of drug-likeness (QED) is 0.253. The molecule has 3 aromatic rings. The third-order valence-corrected chi connectivity index (χ3v) is 4.72. The zero-order valence-electron chi connectivity index (χ0n) is 16.9. The van der Waals surface area contributed by atoms with E-state index in [1.165, 1.54) is 13.2 Å². The molecule has 3 N–H and O–H groups in total. The van der Waals surface area contributed by atoms with Gasteiger partial charge < -0.3 is 19.9 Å². The summed E-state index contributed by atoms with van der Waals surface area (Å²) < 4.78 is 30.5. The van der Waals surface area contributed by atoms with E-state index in [1.807, 2.05) is 6.07 Å². The van der Waals surface area contributed by atoms with Gasteiger partial charge in [0.2, 0.25) is 0 Å². The number of nitrogens with one attached hydrogen (secondary N) is 1. The highest BCUT2D eigenvalue weighted by Crippen LogP contribution is 2.35. The molecule has 0 radical (unpaired) electrons. The highest BCUT2D eigenvalue weighted by Gasteiger charge is 2.16. The summed E-state index contributed by atoms with van der Waals surface area (Å²) in [5.41, 5.74) is 14.6. The van der Waals surface area contributed by atoms with Gasteiger partial charge in [-0.2, -0.15) is 5.53 Å². The molecule has 0 saturated heterocycles. The van der Waals surface area contributed by atoms with Crippen LogP contribution >= 0.6 is 0 Å². The van der Waals surface area contributed by atoms with Crippen molar-refractivity contribution in [3.05, 3.63) is 59.2 Å². The largest absolute Gasteiger partial charge is 0.497 e. The average molecular weight is 411 g/mol. The summed E-state index contributed by atoms with van der Waals surface area (Å²) in [6.45, 7) is 0. The SMILES string of the molecule is COc1ccc(F)c(Cc2ncc(CC(N)=NN=N)c3cc(OC)c(OC)cc23)c1. The van der Waals surface area contributed by atoms with Crippen LogP contribution in [0.5, 0.6) is 17.2 Å². The first-order valence-electron chi connectivity index (χ1n) is 9.04. The van der Waals surface area contributed by atoms with E-state index in [1.54, 1.807) is 38.6 Å². The van der Waals surface area contributed by atoms with Crippen molar-refractivity contribution < 1.29 is 18.6 Å². The van der Waals surface area contributed by atoms with Crippen LogP contribution < -0.4 is 19.9 Å². The van der Waals surface area contributed by atoms with Crippen molar-refractivity contribution in [1.82, 2.24) is 4.98 Å². The fourth-order valence-corrected chi connectivity index (χ4v) is 3.25. The lowest BCUT2D eigenvalue weighted by Crippen LogP contribution is -2.15. The third-order valence-electron chi connectivity index (χ3n) is 4.72. The zero-order chi connectivity index (χ0) is 21.7. The molecule has 30 heavy (non-hydrogen) atoms. The molecule has 3 rings (SSSR count). The number of fused-ring (bicyclic) bond motifs is 1. The van der Waals surface area contributed by atoms with Crippen LogP contribution in [-0.2, 0) is 12.8 Å². The minimum Gasteiger partial charge on any atom is -0.497 e. The summed E-state index contributed by atoms with van der Waals surface area (Å²) in [7, 11) is 4.63. The Morgan fingerprint density at radius 2 is 1.73 bits per heavy atom. The van der Waals surface area contributed by atoms with Gasteiger partial charge in [0.25, 0.3) is 0 Å². The number of nitrogens with zero attached hydrogens (tertiary/aromatic N) is 3. The van der Waals surface area contributed by atoms with Crippen LogP contribution in [0.1, 0.15) is 16.8 Å².